The summed E-state index contributed by atoms with van der Waals surface area (Å²) in [6.07, 6.45) is 7.47. The number of ether oxygens (including phenoxy) is 2. The molecule has 3 nitrogen and oxygen atoms in total. The molecule has 0 amide bonds. The highest BCUT2D eigenvalue weighted by Gasteiger charge is 2.52. The van der Waals surface area contributed by atoms with Gasteiger partial charge in [-0.1, -0.05) is 30.3 Å². The third-order valence-corrected chi connectivity index (χ3v) is 6.12. The van der Waals surface area contributed by atoms with Crippen molar-refractivity contribution in [3.8, 4) is 0 Å². The standard InChI is InChI=1S/C19H27NO2/c1-20(15-16-5-3-2-4-6-16)17-13-18(14-17)7-9-19(10-8-18)21-11-12-22-19/h2-6,17H,7-15H2,1H3. The van der Waals surface area contributed by atoms with Crippen LogP contribution >= 0.6 is 0 Å². The van der Waals surface area contributed by atoms with Gasteiger partial charge in [-0.15, -0.1) is 0 Å². The minimum Gasteiger partial charge on any atom is -0.348 e. The van der Waals surface area contributed by atoms with Crippen LogP contribution in [0.25, 0.3) is 0 Å². The molecule has 0 aromatic heterocycles. The van der Waals surface area contributed by atoms with Crippen molar-refractivity contribution in [2.24, 2.45) is 5.41 Å². The summed E-state index contributed by atoms with van der Waals surface area (Å²) in [5, 5.41) is 0. The Kier molecular flexibility index (Phi) is 3.75. The van der Waals surface area contributed by atoms with Crippen LogP contribution in [0, 0.1) is 5.41 Å². The maximum atomic E-state index is 5.86. The minimum atomic E-state index is -0.202. The van der Waals surface area contributed by atoms with Crippen LogP contribution in [0.1, 0.15) is 44.1 Å². The lowest BCUT2D eigenvalue weighted by Gasteiger charge is -2.55. The van der Waals surface area contributed by atoms with Gasteiger partial charge in [0.15, 0.2) is 5.79 Å². The molecule has 3 aliphatic rings. The summed E-state index contributed by atoms with van der Waals surface area (Å²) in [5.74, 6) is -0.202. The SMILES string of the molecule is CN(Cc1ccccc1)C1CC2(CCC3(CC2)OCCO3)C1. The Bertz CT molecular complexity index is 491. The van der Waals surface area contributed by atoms with Crippen LogP contribution in [0.5, 0.6) is 0 Å². The van der Waals surface area contributed by atoms with Gasteiger partial charge in [-0.3, -0.25) is 4.90 Å². The van der Waals surface area contributed by atoms with Crippen LogP contribution in [-0.4, -0.2) is 37.0 Å². The normalized spacial score (nSPS) is 26.6. The Balaban J connectivity index is 1.29. The summed E-state index contributed by atoms with van der Waals surface area (Å²) in [6, 6.07) is 11.6. The molecule has 3 fully saturated rings. The highest BCUT2D eigenvalue weighted by molar-refractivity contribution is 5.15. The van der Waals surface area contributed by atoms with E-state index in [1.165, 1.54) is 31.2 Å². The first-order chi connectivity index (χ1) is 10.7. The lowest BCUT2D eigenvalue weighted by molar-refractivity contribution is -0.203. The van der Waals surface area contributed by atoms with Crippen LogP contribution in [0.4, 0.5) is 0 Å². The first-order valence-corrected chi connectivity index (χ1v) is 8.71. The fourth-order valence-electron chi connectivity index (χ4n) is 4.61. The minimum absolute atomic E-state index is 0.202. The van der Waals surface area contributed by atoms with Gasteiger partial charge in [0, 0.05) is 25.4 Å². The molecule has 22 heavy (non-hydrogen) atoms. The van der Waals surface area contributed by atoms with Gasteiger partial charge in [-0.2, -0.15) is 0 Å². The van der Waals surface area contributed by atoms with Crippen LogP contribution in [-0.2, 0) is 16.0 Å². The van der Waals surface area contributed by atoms with Gasteiger partial charge >= 0.3 is 0 Å². The van der Waals surface area contributed by atoms with E-state index in [4.69, 9.17) is 9.47 Å². The number of benzene rings is 1. The van der Waals surface area contributed by atoms with Gasteiger partial charge in [0.1, 0.15) is 0 Å². The molecule has 1 saturated heterocycles. The first-order valence-electron chi connectivity index (χ1n) is 8.71. The third-order valence-electron chi connectivity index (χ3n) is 6.12. The Labute approximate surface area is 133 Å². The Hall–Kier alpha value is -0.900. The lowest BCUT2D eigenvalue weighted by Crippen LogP contribution is -2.53. The molecule has 2 saturated carbocycles. The van der Waals surface area contributed by atoms with E-state index in [0.717, 1.165) is 38.6 Å². The molecule has 0 unspecified atom stereocenters. The fourth-order valence-corrected chi connectivity index (χ4v) is 4.61. The predicted octanol–water partition coefficient (Wildman–Crippen LogP) is 3.58. The smallest absolute Gasteiger partial charge is 0.168 e. The van der Waals surface area contributed by atoms with E-state index in [1.54, 1.807) is 0 Å². The van der Waals surface area contributed by atoms with Crippen molar-refractivity contribution >= 4 is 0 Å². The molecule has 1 aliphatic heterocycles. The second-order valence-electron chi connectivity index (χ2n) is 7.57. The third kappa shape index (κ3) is 2.70. The van der Waals surface area contributed by atoms with Crippen molar-refractivity contribution in [1.29, 1.82) is 0 Å². The highest BCUT2D eigenvalue weighted by atomic mass is 16.7. The zero-order chi connectivity index (χ0) is 15.0. The van der Waals surface area contributed by atoms with Crippen LogP contribution in [0.15, 0.2) is 30.3 Å². The molecule has 2 spiro atoms. The van der Waals surface area contributed by atoms with Crippen LogP contribution in [0.2, 0.25) is 0 Å². The summed E-state index contributed by atoms with van der Waals surface area (Å²) in [4.78, 5) is 2.54. The van der Waals surface area contributed by atoms with E-state index >= 15 is 0 Å². The zero-order valence-electron chi connectivity index (χ0n) is 13.6. The van der Waals surface area contributed by atoms with Crippen LogP contribution in [0.3, 0.4) is 0 Å². The number of hydrogen-bond acceptors (Lipinski definition) is 3. The summed E-state index contributed by atoms with van der Waals surface area (Å²) in [7, 11) is 2.28. The fraction of sp³-hybridized carbons (Fsp3) is 0.684. The zero-order valence-corrected chi connectivity index (χ0v) is 13.6. The van der Waals surface area contributed by atoms with E-state index in [0.29, 0.717) is 5.41 Å². The second kappa shape index (κ2) is 5.63. The average molecular weight is 301 g/mol. The molecule has 0 atom stereocenters. The number of rotatable bonds is 3. The highest BCUT2D eigenvalue weighted by Crippen LogP contribution is 2.56. The van der Waals surface area contributed by atoms with Gasteiger partial charge in [0.05, 0.1) is 13.2 Å². The van der Waals surface area contributed by atoms with E-state index in [2.05, 4.69) is 42.3 Å². The van der Waals surface area contributed by atoms with Crippen molar-refractivity contribution in [3.63, 3.8) is 0 Å². The van der Waals surface area contributed by atoms with Gasteiger partial charge in [0.25, 0.3) is 0 Å². The van der Waals surface area contributed by atoms with Gasteiger partial charge in [0.2, 0.25) is 0 Å². The van der Waals surface area contributed by atoms with Crippen molar-refractivity contribution in [2.75, 3.05) is 20.3 Å². The quantitative estimate of drug-likeness (QED) is 0.851. The van der Waals surface area contributed by atoms with Crippen molar-refractivity contribution in [2.45, 2.75) is 56.9 Å². The van der Waals surface area contributed by atoms with Crippen molar-refractivity contribution in [3.05, 3.63) is 35.9 Å². The first kappa shape index (κ1) is 14.7. The van der Waals surface area contributed by atoms with Gasteiger partial charge < -0.3 is 9.47 Å². The maximum Gasteiger partial charge on any atom is 0.168 e. The Morgan fingerprint density at radius 3 is 2.27 bits per heavy atom. The number of nitrogens with zero attached hydrogens (tertiary/aromatic N) is 1. The molecule has 3 heteroatoms. The molecule has 2 aliphatic carbocycles. The topological polar surface area (TPSA) is 21.7 Å². The molecule has 120 valence electrons. The molecular formula is C19H27NO2. The lowest BCUT2D eigenvalue weighted by atomic mass is 9.57. The van der Waals surface area contributed by atoms with E-state index in [1.807, 2.05) is 0 Å². The molecule has 1 aromatic rings. The monoisotopic (exact) mass is 301 g/mol. The second-order valence-corrected chi connectivity index (χ2v) is 7.57. The van der Waals surface area contributed by atoms with Gasteiger partial charge in [-0.25, -0.2) is 0 Å². The molecule has 0 N–H and O–H groups in total. The largest absolute Gasteiger partial charge is 0.348 e. The molecular weight excluding hydrogens is 274 g/mol. The van der Waals surface area contributed by atoms with Crippen LogP contribution < -0.4 is 0 Å². The molecule has 1 aromatic carbocycles. The summed E-state index contributed by atoms with van der Waals surface area (Å²) in [5.41, 5.74) is 2.00. The summed E-state index contributed by atoms with van der Waals surface area (Å²) < 4.78 is 11.7. The maximum absolute atomic E-state index is 5.86. The Morgan fingerprint density at radius 2 is 1.64 bits per heavy atom. The van der Waals surface area contributed by atoms with E-state index in [9.17, 15) is 0 Å². The van der Waals surface area contributed by atoms with Crippen molar-refractivity contribution < 1.29 is 9.47 Å². The summed E-state index contributed by atoms with van der Waals surface area (Å²) in [6.45, 7) is 2.64. The average Bonchev–Trinajstić information content (AvgIpc) is 2.95. The Morgan fingerprint density at radius 1 is 1.00 bits per heavy atom. The van der Waals surface area contributed by atoms with Crippen molar-refractivity contribution in [1.82, 2.24) is 4.90 Å². The summed E-state index contributed by atoms with van der Waals surface area (Å²) >= 11 is 0. The van der Waals surface area contributed by atoms with E-state index in [-0.39, 0.29) is 5.79 Å². The predicted molar refractivity (Wildman–Crippen MR) is 86.5 cm³/mol. The molecule has 0 radical (unpaired) electrons. The molecule has 1 heterocycles. The van der Waals surface area contributed by atoms with E-state index < -0.39 is 0 Å². The number of hydrogen-bond donors (Lipinski definition) is 0. The molecule has 0 bridgehead atoms. The molecule has 4 rings (SSSR count). The van der Waals surface area contributed by atoms with Gasteiger partial charge in [-0.05, 0) is 43.7 Å².